The highest BCUT2D eigenvalue weighted by molar-refractivity contribution is 9.10. The number of hydrogen-bond acceptors (Lipinski definition) is 1. The number of amides is 1. The molecule has 0 saturated carbocycles. The summed E-state index contributed by atoms with van der Waals surface area (Å²) in [7, 11) is 0. The van der Waals surface area contributed by atoms with Gasteiger partial charge in [0.05, 0.1) is 10.0 Å². The Morgan fingerprint density at radius 2 is 2.28 bits per heavy atom. The van der Waals surface area contributed by atoms with Crippen LogP contribution in [0.15, 0.2) is 34.3 Å². The lowest BCUT2D eigenvalue weighted by molar-refractivity contribution is 0.0950. The van der Waals surface area contributed by atoms with E-state index in [-0.39, 0.29) is 11.5 Å². The molecule has 1 aliphatic rings. The molecule has 2 rings (SSSR count). The first kappa shape index (κ1) is 13.3. The number of hydrogen-bond donors (Lipinski definition) is 1. The van der Waals surface area contributed by atoms with Crippen LogP contribution in [0, 0.1) is 5.82 Å². The summed E-state index contributed by atoms with van der Waals surface area (Å²) in [6.07, 6.45) is 6.57. The van der Waals surface area contributed by atoms with E-state index in [0.717, 1.165) is 19.3 Å². The standard InChI is InChI=1S/C14H15BrFNO/c15-12-7-3-6-11(13(12)16)14(18)17-9-8-10-4-1-2-5-10/h3-4,6-7H,1-2,5,8-9H2,(H,17,18). The zero-order chi connectivity index (χ0) is 13.0. The predicted octanol–water partition coefficient (Wildman–Crippen LogP) is 3.82. The Hall–Kier alpha value is -1.16. The summed E-state index contributed by atoms with van der Waals surface area (Å²) >= 11 is 3.07. The van der Waals surface area contributed by atoms with E-state index in [1.165, 1.54) is 18.1 Å². The van der Waals surface area contributed by atoms with E-state index in [0.29, 0.717) is 11.0 Å². The van der Waals surface area contributed by atoms with E-state index < -0.39 is 5.82 Å². The van der Waals surface area contributed by atoms with Crippen molar-refractivity contribution in [2.75, 3.05) is 6.54 Å². The van der Waals surface area contributed by atoms with Crippen LogP contribution >= 0.6 is 15.9 Å². The van der Waals surface area contributed by atoms with Crippen LogP contribution in [0.1, 0.15) is 36.0 Å². The molecule has 0 saturated heterocycles. The van der Waals surface area contributed by atoms with Gasteiger partial charge >= 0.3 is 0 Å². The summed E-state index contributed by atoms with van der Waals surface area (Å²) in [4.78, 5) is 11.8. The molecule has 2 nitrogen and oxygen atoms in total. The Labute approximate surface area is 114 Å². The average Bonchev–Trinajstić information content (AvgIpc) is 2.85. The second kappa shape index (κ2) is 6.14. The van der Waals surface area contributed by atoms with Crippen molar-refractivity contribution >= 4 is 21.8 Å². The van der Waals surface area contributed by atoms with Crippen LogP contribution in [0.3, 0.4) is 0 Å². The van der Waals surface area contributed by atoms with Crippen LogP contribution in [-0.4, -0.2) is 12.5 Å². The van der Waals surface area contributed by atoms with Gasteiger partial charge in [0.25, 0.3) is 5.91 Å². The third kappa shape index (κ3) is 3.19. The second-order valence-electron chi connectivity index (χ2n) is 4.36. The van der Waals surface area contributed by atoms with Gasteiger partial charge in [0.1, 0.15) is 5.82 Å². The highest BCUT2D eigenvalue weighted by Gasteiger charge is 2.13. The largest absolute Gasteiger partial charge is 0.352 e. The topological polar surface area (TPSA) is 29.1 Å². The van der Waals surface area contributed by atoms with Gasteiger partial charge in [0, 0.05) is 6.54 Å². The quantitative estimate of drug-likeness (QED) is 0.842. The maximum atomic E-state index is 13.7. The Balaban J connectivity index is 1.89. The van der Waals surface area contributed by atoms with Gasteiger partial charge < -0.3 is 5.32 Å². The molecular weight excluding hydrogens is 297 g/mol. The minimum Gasteiger partial charge on any atom is -0.352 e. The zero-order valence-electron chi connectivity index (χ0n) is 10.0. The molecule has 0 spiro atoms. The Morgan fingerprint density at radius 3 is 3.00 bits per heavy atom. The summed E-state index contributed by atoms with van der Waals surface area (Å²) in [5.74, 6) is -0.859. The van der Waals surface area contributed by atoms with E-state index in [4.69, 9.17) is 0 Å². The van der Waals surface area contributed by atoms with Gasteiger partial charge in [-0.25, -0.2) is 4.39 Å². The molecule has 96 valence electrons. The summed E-state index contributed by atoms with van der Waals surface area (Å²) in [6.45, 7) is 0.566. The number of halogens is 2. The zero-order valence-corrected chi connectivity index (χ0v) is 11.6. The van der Waals surface area contributed by atoms with Gasteiger partial charge in [-0.05, 0) is 53.7 Å². The van der Waals surface area contributed by atoms with E-state index in [1.54, 1.807) is 12.1 Å². The molecular formula is C14H15BrFNO. The molecule has 1 aromatic carbocycles. The Bertz CT molecular complexity index is 485. The van der Waals surface area contributed by atoms with Crippen LogP contribution in [0.25, 0.3) is 0 Å². The van der Waals surface area contributed by atoms with E-state index in [1.807, 2.05) is 0 Å². The average molecular weight is 312 g/mol. The molecule has 0 aromatic heterocycles. The fourth-order valence-corrected chi connectivity index (χ4v) is 2.44. The van der Waals surface area contributed by atoms with Crippen molar-refractivity contribution in [3.8, 4) is 0 Å². The maximum Gasteiger partial charge on any atom is 0.254 e. The van der Waals surface area contributed by atoms with E-state index in [2.05, 4.69) is 27.3 Å². The minimum atomic E-state index is -0.505. The van der Waals surface area contributed by atoms with Crippen molar-refractivity contribution in [1.29, 1.82) is 0 Å². The van der Waals surface area contributed by atoms with Crippen LogP contribution in [0.5, 0.6) is 0 Å². The molecule has 0 fully saturated rings. The minimum absolute atomic E-state index is 0.0878. The molecule has 18 heavy (non-hydrogen) atoms. The molecule has 0 aliphatic heterocycles. The lowest BCUT2D eigenvalue weighted by Gasteiger charge is -2.07. The smallest absolute Gasteiger partial charge is 0.254 e. The van der Waals surface area contributed by atoms with Gasteiger partial charge in [-0.1, -0.05) is 17.7 Å². The number of nitrogens with one attached hydrogen (secondary N) is 1. The van der Waals surface area contributed by atoms with Gasteiger partial charge in [-0.3, -0.25) is 4.79 Å². The Morgan fingerprint density at radius 1 is 1.44 bits per heavy atom. The molecule has 0 heterocycles. The third-order valence-corrected chi connectivity index (χ3v) is 3.68. The molecule has 0 atom stereocenters. The lowest BCUT2D eigenvalue weighted by Crippen LogP contribution is -2.25. The van der Waals surface area contributed by atoms with Crippen molar-refractivity contribution < 1.29 is 9.18 Å². The summed E-state index contributed by atoms with van der Waals surface area (Å²) in [6, 6.07) is 4.72. The molecule has 1 N–H and O–H groups in total. The predicted molar refractivity (Wildman–Crippen MR) is 73.0 cm³/mol. The molecule has 0 bridgehead atoms. The summed E-state index contributed by atoms with van der Waals surface area (Å²) in [5, 5.41) is 2.75. The van der Waals surface area contributed by atoms with Crippen molar-refractivity contribution in [3.05, 3.63) is 45.7 Å². The lowest BCUT2D eigenvalue weighted by atomic mass is 10.1. The normalized spacial score (nSPS) is 14.4. The van der Waals surface area contributed by atoms with Crippen molar-refractivity contribution in [2.24, 2.45) is 0 Å². The second-order valence-corrected chi connectivity index (χ2v) is 5.22. The number of rotatable bonds is 4. The van der Waals surface area contributed by atoms with Crippen LogP contribution < -0.4 is 5.32 Å². The number of carbonyl (C=O) groups excluding carboxylic acids is 1. The Kier molecular flexibility index (Phi) is 4.53. The molecule has 1 aromatic rings. The fourth-order valence-electron chi connectivity index (χ4n) is 2.08. The SMILES string of the molecule is O=C(NCCC1=CCCC1)c1cccc(Br)c1F. The number of benzene rings is 1. The highest BCUT2D eigenvalue weighted by atomic mass is 79.9. The van der Waals surface area contributed by atoms with Gasteiger partial charge in [-0.15, -0.1) is 0 Å². The summed E-state index contributed by atoms with van der Waals surface area (Å²) < 4.78 is 14.0. The molecule has 0 unspecified atom stereocenters. The third-order valence-electron chi connectivity index (χ3n) is 3.06. The number of allylic oxidation sites excluding steroid dienone is 1. The fraction of sp³-hybridized carbons (Fsp3) is 0.357. The molecule has 4 heteroatoms. The molecule has 1 aliphatic carbocycles. The van der Waals surface area contributed by atoms with Crippen molar-refractivity contribution in [3.63, 3.8) is 0 Å². The molecule has 1 amide bonds. The summed E-state index contributed by atoms with van der Waals surface area (Å²) in [5.41, 5.74) is 1.48. The van der Waals surface area contributed by atoms with Gasteiger partial charge in [0.2, 0.25) is 0 Å². The highest BCUT2D eigenvalue weighted by Crippen LogP contribution is 2.20. The first-order valence-corrected chi connectivity index (χ1v) is 6.88. The first-order chi connectivity index (χ1) is 8.68. The van der Waals surface area contributed by atoms with Crippen LogP contribution in [-0.2, 0) is 0 Å². The van der Waals surface area contributed by atoms with Gasteiger partial charge in [-0.2, -0.15) is 0 Å². The molecule has 0 radical (unpaired) electrons. The van der Waals surface area contributed by atoms with Crippen molar-refractivity contribution in [1.82, 2.24) is 5.32 Å². The first-order valence-electron chi connectivity index (χ1n) is 6.08. The maximum absolute atomic E-state index is 13.7. The van der Waals surface area contributed by atoms with Crippen LogP contribution in [0.4, 0.5) is 4.39 Å². The van der Waals surface area contributed by atoms with E-state index in [9.17, 15) is 9.18 Å². The van der Waals surface area contributed by atoms with Gasteiger partial charge in [0.15, 0.2) is 0 Å². The van der Waals surface area contributed by atoms with E-state index >= 15 is 0 Å². The van der Waals surface area contributed by atoms with Crippen molar-refractivity contribution in [2.45, 2.75) is 25.7 Å². The monoisotopic (exact) mass is 311 g/mol. The van der Waals surface area contributed by atoms with Crippen LogP contribution in [0.2, 0.25) is 0 Å². The number of carbonyl (C=O) groups is 1.